The molecule has 1 amide bonds. The quantitative estimate of drug-likeness (QED) is 0.459. The first kappa shape index (κ1) is 20.5. The number of anilines is 1. The van der Waals surface area contributed by atoms with E-state index in [4.69, 9.17) is 11.6 Å². The van der Waals surface area contributed by atoms with Crippen molar-refractivity contribution in [3.8, 4) is 11.1 Å². The molecule has 1 N–H and O–H groups in total. The number of rotatable bonds is 5. The van der Waals surface area contributed by atoms with E-state index < -0.39 is 0 Å². The van der Waals surface area contributed by atoms with Gasteiger partial charge in [-0.25, -0.2) is 15.0 Å². The monoisotopic (exact) mass is 443 g/mol. The number of pyridine rings is 1. The number of nitrogens with zero attached hydrogens (tertiary/aromatic N) is 4. The van der Waals surface area contributed by atoms with Gasteiger partial charge in [0, 0.05) is 22.2 Å². The van der Waals surface area contributed by atoms with Crippen LogP contribution in [0.4, 0.5) is 5.82 Å². The number of benzene rings is 2. The summed E-state index contributed by atoms with van der Waals surface area (Å²) in [5, 5.41) is 4.47. The van der Waals surface area contributed by atoms with Crippen LogP contribution in [-0.2, 0) is 6.54 Å². The number of nitrogens with one attached hydrogen (secondary N) is 1. The molecular weight excluding hydrogens is 422 g/mol. The smallest absolute Gasteiger partial charge is 0.275 e. The van der Waals surface area contributed by atoms with Gasteiger partial charge in [-0.15, -0.1) is 0 Å². The normalized spacial score (nSPS) is 14.0. The summed E-state index contributed by atoms with van der Waals surface area (Å²) in [5.41, 5.74) is 2.96. The maximum atomic E-state index is 12.9. The van der Waals surface area contributed by atoms with Crippen LogP contribution >= 0.6 is 11.6 Å². The molecule has 5 rings (SSSR count). The average molecular weight is 444 g/mol. The zero-order valence-corrected chi connectivity index (χ0v) is 18.2. The standard InChI is InChI=1S/C25H22ClN5O/c26-19-7-3-6-18(15-19)20-8-4-5-17-9-10-21(28-24(17)20)25(32)30-22-11-12-27-23(29-22)16-31-13-1-2-14-31/h3-12,15H,1-2,13-14,16H2,(H,27,29,30,32). The summed E-state index contributed by atoms with van der Waals surface area (Å²) in [6.45, 7) is 2.83. The highest BCUT2D eigenvalue weighted by molar-refractivity contribution is 6.30. The lowest BCUT2D eigenvalue weighted by atomic mass is 10.0. The van der Waals surface area contributed by atoms with Crippen LogP contribution in [0.1, 0.15) is 29.2 Å². The van der Waals surface area contributed by atoms with Gasteiger partial charge in [0.1, 0.15) is 17.3 Å². The lowest BCUT2D eigenvalue weighted by Gasteiger charge is -2.13. The van der Waals surface area contributed by atoms with Crippen molar-refractivity contribution in [2.45, 2.75) is 19.4 Å². The van der Waals surface area contributed by atoms with Crippen molar-refractivity contribution in [2.75, 3.05) is 18.4 Å². The third kappa shape index (κ3) is 4.47. The van der Waals surface area contributed by atoms with Gasteiger partial charge >= 0.3 is 0 Å². The van der Waals surface area contributed by atoms with Gasteiger partial charge in [0.2, 0.25) is 0 Å². The number of para-hydroxylation sites is 1. The molecule has 160 valence electrons. The van der Waals surface area contributed by atoms with Gasteiger partial charge in [0.05, 0.1) is 12.1 Å². The number of halogens is 1. The van der Waals surface area contributed by atoms with Crippen LogP contribution in [0.5, 0.6) is 0 Å². The molecule has 1 aliphatic rings. The SMILES string of the molecule is O=C(Nc1ccnc(CN2CCCC2)n1)c1ccc2cccc(-c3cccc(Cl)c3)c2n1. The Morgan fingerprint density at radius 3 is 2.69 bits per heavy atom. The first-order chi connectivity index (χ1) is 15.7. The van der Waals surface area contributed by atoms with Gasteiger partial charge in [0.15, 0.2) is 0 Å². The Hall–Kier alpha value is -3.35. The molecule has 7 heteroatoms. The van der Waals surface area contributed by atoms with Gasteiger partial charge in [-0.3, -0.25) is 9.69 Å². The average Bonchev–Trinajstić information content (AvgIpc) is 3.31. The summed E-state index contributed by atoms with van der Waals surface area (Å²) in [6, 6.07) is 18.9. The third-order valence-electron chi connectivity index (χ3n) is 5.60. The van der Waals surface area contributed by atoms with Gasteiger partial charge in [0.25, 0.3) is 5.91 Å². The van der Waals surface area contributed by atoms with Crippen LogP contribution in [-0.4, -0.2) is 38.8 Å². The topological polar surface area (TPSA) is 71.0 Å². The maximum Gasteiger partial charge on any atom is 0.275 e. The first-order valence-electron chi connectivity index (χ1n) is 10.7. The molecule has 0 saturated carbocycles. The molecule has 1 saturated heterocycles. The van der Waals surface area contributed by atoms with Crippen molar-refractivity contribution in [3.05, 3.63) is 83.4 Å². The molecule has 3 heterocycles. The van der Waals surface area contributed by atoms with E-state index in [0.717, 1.165) is 35.1 Å². The third-order valence-corrected chi connectivity index (χ3v) is 5.83. The molecule has 0 atom stereocenters. The van der Waals surface area contributed by atoms with Crippen molar-refractivity contribution in [3.63, 3.8) is 0 Å². The second kappa shape index (κ2) is 9.02. The number of amides is 1. The Morgan fingerprint density at radius 2 is 1.84 bits per heavy atom. The molecular formula is C25H22ClN5O. The second-order valence-corrected chi connectivity index (χ2v) is 8.32. The van der Waals surface area contributed by atoms with E-state index in [9.17, 15) is 4.79 Å². The van der Waals surface area contributed by atoms with Crippen LogP contribution in [0.25, 0.3) is 22.0 Å². The van der Waals surface area contributed by atoms with Gasteiger partial charge in [-0.1, -0.05) is 48.0 Å². The van der Waals surface area contributed by atoms with Crippen LogP contribution < -0.4 is 5.32 Å². The Balaban J connectivity index is 1.41. The van der Waals surface area contributed by atoms with E-state index in [0.29, 0.717) is 28.9 Å². The highest BCUT2D eigenvalue weighted by atomic mass is 35.5. The van der Waals surface area contributed by atoms with Crippen molar-refractivity contribution in [1.82, 2.24) is 19.9 Å². The Bertz CT molecular complexity index is 1290. The van der Waals surface area contributed by atoms with E-state index in [1.165, 1.54) is 12.8 Å². The summed E-state index contributed by atoms with van der Waals surface area (Å²) in [7, 11) is 0. The fraction of sp³-hybridized carbons (Fsp3) is 0.200. The molecule has 32 heavy (non-hydrogen) atoms. The summed E-state index contributed by atoms with van der Waals surface area (Å²) < 4.78 is 0. The number of hydrogen-bond donors (Lipinski definition) is 1. The van der Waals surface area contributed by atoms with Crippen LogP contribution in [0.2, 0.25) is 5.02 Å². The minimum absolute atomic E-state index is 0.307. The van der Waals surface area contributed by atoms with E-state index in [1.54, 1.807) is 18.3 Å². The Morgan fingerprint density at radius 1 is 1.00 bits per heavy atom. The zero-order chi connectivity index (χ0) is 21.9. The first-order valence-corrected chi connectivity index (χ1v) is 11.0. The van der Waals surface area contributed by atoms with Gasteiger partial charge in [-0.05, 0) is 55.8 Å². The highest BCUT2D eigenvalue weighted by Crippen LogP contribution is 2.29. The molecule has 0 radical (unpaired) electrons. The second-order valence-electron chi connectivity index (χ2n) is 7.88. The molecule has 0 aliphatic carbocycles. The number of fused-ring (bicyclic) bond motifs is 1. The molecule has 6 nitrogen and oxygen atoms in total. The molecule has 0 spiro atoms. The fourth-order valence-corrected chi connectivity index (χ4v) is 4.22. The van der Waals surface area contributed by atoms with Crippen molar-refractivity contribution in [1.29, 1.82) is 0 Å². The van der Waals surface area contributed by atoms with Gasteiger partial charge in [-0.2, -0.15) is 0 Å². The summed E-state index contributed by atoms with van der Waals surface area (Å²) in [6.07, 6.45) is 4.10. The van der Waals surface area contributed by atoms with Gasteiger partial charge < -0.3 is 5.32 Å². The molecule has 0 unspecified atom stereocenters. The molecule has 2 aromatic heterocycles. The van der Waals surface area contributed by atoms with Crippen LogP contribution in [0.3, 0.4) is 0 Å². The summed E-state index contributed by atoms with van der Waals surface area (Å²) in [5.74, 6) is 0.877. The summed E-state index contributed by atoms with van der Waals surface area (Å²) in [4.78, 5) is 28.8. The lowest BCUT2D eigenvalue weighted by molar-refractivity contribution is 0.102. The molecule has 1 fully saturated rings. The lowest BCUT2D eigenvalue weighted by Crippen LogP contribution is -2.21. The molecule has 4 aromatic rings. The minimum atomic E-state index is -0.307. The van der Waals surface area contributed by atoms with E-state index in [-0.39, 0.29) is 5.91 Å². The fourth-order valence-electron chi connectivity index (χ4n) is 4.03. The van der Waals surface area contributed by atoms with E-state index in [2.05, 4.69) is 25.2 Å². The van der Waals surface area contributed by atoms with Crippen molar-refractivity contribution >= 4 is 34.2 Å². The number of likely N-dealkylation sites (tertiary alicyclic amines) is 1. The number of carbonyl (C=O) groups excluding carboxylic acids is 1. The van der Waals surface area contributed by atoms with E-state index in [1.807, 2.05) is 48.5 Å². The molecule has 0 bridgehead atoms. The molecule has 1 aliphatic heterocycles. The number of hydrogen-bond acceptors (Lipinski definition) is 5. The van der Waals surface area contributed by atoms with Crippen molar-refractivity contribution < 1.29 is 4.79 Å². The number of aromatic nitrogens is 3. The summed E-state index contributed by atoms with van der Waals surface area (Å²) >= 11 is 6.18. The zero-order valence-electron chi connectivity index (χ0n) is 17.5. The largest absolute Gasteiger partial charge is 0.305 e. The Kier molecular flexibility index (Phi) is 5.79. The molecule has 2 aromatic carbocycles. The highest BCUT2D eigenvalue weighted by Gasteiger charge is 2.15. The van der Waals surface area contributed by atoms with Crippen LogP contribution in [0, 0.1) is 0 Å². The van der Waals surface area contributed by atoms with Crippen LogP contribution in [0.15, 0.2) is 66.9 Å². The predicted octanol–water partition coefficient (Wildman–Crippen LogP) is 5.19. The van der Waals surface area contributed by atoms with Crippen molar-refractivity contribution in [2.24, 2.45) is 0 Å². The Labute approximate surface area is 191 Å². The van der Waals surface area contributed by atoms with E-state index >= 15 is 0 Å². The number of carbonyl (C=O) groups is 1. The minimum Gasteiger partial charge on any atom is -0.305 e. The predicted molar refractivity (Wildman–Crippen MR) is 127 cm³/mol. The maximum absolute atomic E-state index is 12.9.